The number of piperidine rings is 1. The van der Waals surface area contributed by atoms with Crippen LogP contribution < -0.4 is 5.32 Å². The summed E-state index contributed by atoms with van der Waals surface area (Å²) in [5, 5.41) is 10.5. The first-order valence-electron chi connectivity index (χ1n) is 11.5. The maximum atomic E-state index is 12.9. The highest BCUT2D eigenvalue weighted by atomic mass is 32.2. The number of amides is 1. The standard InChI is InChI=1S/C25H30N4O4S/c1-17(2)20-6-4-19(5-7-20)16-23-27-28-25(33-23)26-24(30)21-8-10-22(11-9-21)34(31,32)29-14-12-18(3)13-15-29/h4-11,17-18H,12-16H2,1-3H3,(H,26,28,30). The van der Waals surface area contributed by atoms with E-state index in [9.17, 15) is 13.2 Å². The van der Waals surface area contributed by atoms with E-state index < -0.39 is 15.9 Å². The molecule has 0 radical (unpaired) electrons. The van der Waals surface area contributed by atoms with E-state index in [0.717, 1.165) is 18.4 Å². The van der Waals surface area contributed by atoms with Crippen LogP contribution in [0.1, 0.15) is 66.9 Å². The minimum Gasteiger partial charge on any atom is -0.407 e. The monoisotopic (exact) mass is 482 g/mol. The molecular formula is C25H30N4O4S. The molecule has 8 nitrogen and oxygen atoms in total. The Bertz CT molecular complexity index is 1230. The number of rotatable bonds is 7. The average Bonchev–Trinajstić information content (AvgIpc) is 3.26. The second-order valence-corrected chi connectivity index (χ2v) is 11.1. The fourth-order valence-electron chi connectivity index (χ4n) is 3.89. The molecular weight excluding hydrogens is 452 g/mol. The number of aromatic nitrogens is 2. The van der Waals surface area contributed by atoms with Crippen LogP contribution in [0.5, 0.6) is 0 Å². The molecule has 34 heavy (non-hydrogen) atoms. The third kappa shape index (κ3) is 5.53. The first-order valence-corrected chi connectivity index (χ1v) is 13.0. The molecule has 0 bridgehead atoms. The molecule has 3 aromatic rings. The molecule has 180 valence electrons. The van der Waals surface area contributed by atoms with E-state index in [0.29, 0.717) is 42.8 Å². The van der Waals surface area contributed by atoms with Gasteiger partial charge in [-0.25, -0.2) is 8.42 Å². The predicted octanol–water partition coefficient (Wildman–Crippen LogP) is 4.46. The van der Waals surface area contributed by atoms with Gasteiger partial charge in [0.05, 0.1) is 11.3 Å². The highest BCUT2D eigenvalue weighted by Crippen LogP contribution is 2.24. The van der Waals surface area contributed by atoms with Gasteiger partial charge >= 0.3 is 6.01 Å². The molecule has 2 heterocycles. The minimum atomic E-state index is -3.56. The average molecular weight is 483 g/mol. The summed E-state index contributed by atoms with van der Waals surface area (Å²) in [4.78, 5) is 12.8. The largest absolute Gasteiger partial charge is 0.407 e. The zero-order valence-electron chi connectivity index (χ0n) is 19.7. The van der Waals surface area contributed by atoms with Crippen LogP contribution in [-0.2, 0) is 16.4 Å². The molecule has 2 aromatic carbocycles. The fraction of sp³-hybridized carbons (Fsp3) is 0.400. The lowest BCUT2D eigenvalue weighted by Crippen LogP contribution is -2.37. The zero-order valence-corrected chi connectivity index (χ0v) is 20.5. The number of hydrogen-bond acceptors (Lipinski definition) is 6. The topological polar surface area (TPSA) is 105 Å². The normalized spacial score (nSPS) is 15.5. The van der Waals surface area contributed by atoms with Crippen molar-refractivity contribution in [1.82, 2.24) is 14.5 Å². The van der Waals surface area contributed by atoms with Crippen molar-refractivity contribution < 1.29 is 17.6 Å². The number of sulfonamides is 1. The third-order valence-electron chi connectivity index (χ3n) is 6.19. The second kappa shape index (κ2) is 10.1. The lowest BCUT2D eigenvalue weighted by Gasteiger charge is -2.29. The molecule has 0 atom stereocenters. The van der Waals surface area contributed by atoms with Gasteiger partial charge in [-0.3, -0.25) is 10.1 Å². The van der Waals surface area contributed by atoms with Crippen LogP contribution in [0, 0.1) is 5.92 Å². The minimum absolute atomic E-state index is 0.00191. The van der Waals surface area contributed by atoms with Crippen LogP contribution in [0.3, 0.4) is 0 Å². The lowest BCUT2D eigenvalue weighted by atomic mass is 10.0. The summed E-state index contributed by atoms with van der Waals surface area (Å²) in [7, 11) is -3.56. The number of benzene rings is 2. The van der Waals surface area contributed by atoms with Crippen LogP contribution >= 0.6 is 0 Å². The Kier molecular flexibility index (Phi) is 7.13. The predicted molar refractivity (Wildman–Crippen MR) is 129 cm³/mol. The molecule has 1 aromatic heterocycles. The van der Waals surface area contributed by atoms with Gasteiger partial charge in [-0.2, -0.15) is 4.31 Å². The maximum absolute atomic E-state index is 12.9. The Morgan fingerprint density at radius 3 is 2.32 bits per heavy atom. The van der Waals surface area contributed by atoms with Crippen molar-refractivity contribution in [3.8, 4) is 0 Å². The Labute approximate surface area is 200 Å². The SMILES string of the molecule is CC1CCN(S(=O)(=O)c2ccc(C(=O)Nc3nnc(Cc4ccc(C(C)C)cc4)o3)cc2)CC1. The highest BCUT2D eigenvalue weighted by Gasteiger charge is 2.28. The molecule has 0 saturated carbocycles. The van der Waals surface area contributed by atoms with E-state index >= 15 is 0 Å². The number of carbonyl (C=O) groups is 1. The van der Waals surface area contributed by atoms with Crippen molar-refractivity contribution in [2.75, 3.05) is 18.4 Å². The fourth-order valence-corrected chi connectivity index (χ4v) is 5.36. The number of carbonyl (C=O) groups excluding carboxylic acids is 1. The highest BCUT2D eigenvalue weighted by molar-refractivity contribution is 7.89. The van der Waals surface area contributed by atoms with Gasteiger partial charge in [-0.1, -0.05) is 50.1 Å². The first kappa shape index (κ1) is 24.1. The molecule has 0 unspecified atom stereocenters. The van der Waals surface area contributed by atoms with Crippen LogP contribution in [0.15, 0.2) is 57.8 Å². The van der Waals surface area contributed by atoms with Crippen LogP contribution in [0.25, 0.3) is 0 Å². The molecule has 1 saturated heterocycles. The van der Waals surface area contributed by atoms with E-state index in [2.05, 4.69) is 48.4 Å². The van der Waals surface area contributed by atoms with Crippen molar-refractivity contribution >= 4 is 21.9 Å². The van der Waals surface area contributed by atoms with Crippen LogP contribution in [-0.4, -0.2) is 41.9 Å². The molecule has 4 rings (SSSR count). The van der Waals surface area contributed by atoms with Crippen molar-refractivity contribution in [3.05, 3.63) is 71.1 Å². The van der Waals surface area contributed by atoms with Gasteiger partial charge in [-0.15, -0.1) is 5.10 Å². The smallest absolute Gasteiger partial charge is 0.322 e. The number of hydrogen-bond donors (Lipinski definition) is 1. The van der Waals surface area contributed by atoms with Gasteiger partial charge in [0.1, 0.15) is 0 Å². The lowest BCUT2D eigenvalue weighted by molar-refractivity contribution is 0.102. The van der Waals surface area contributed by atoms with Crippen LogP contribution in [0.2, 0.25) is 0 Å². The van der Waals surface area contributed by atoms with E-state index in [1.807, 2.05) is 12.1 Å². The molecule has 0 aliphatic carbocycles. The van der Waals surface area contributed by atoms with Gasteiger partial charge in [0.15, 0.2) is 0 Å². The molecule has 0 spiro atoms. The van der Waals surface area contributed by atoms with Crippen molar-refractivity contribution in [2.45, 2.75) is 50.8 Å². The summed E-state index contributed by atoms with van der Waals surface area (Å²) in [6.45, 7) is 7.46. The summed E-state index contributed by atoms with van der Waals surface area (Å²) >= 11 is 0. The van der Waals surface area contributed by atoms with Gasteiger partial charge in [-0.05, 0) is 60.1 Å². The summed E-state index contributed by atoms with van der Waals surface area (Å²) in [5.74, 6) is 0.937. The molecule has 1 aliphatic rings. The molecule has 1 amide bonds. The maximum Gasteiger partial charge on any atom is 0.322 e. The number of nitrogens with one attached hydrogen (secondary N) is 1. The number of anilines is 1. The third-order valence-corrected chi connectivity index (χ3v) is 8.10. The Hall–Kier alpha value is -3.04. The zero-order chi connectivity index (χ0) is 24.3. The Balaban J connectivity index is 1.37. The van der Waals surface area contributed by atoms with Gasteiger partial charge in [0.25, 0.3) is 5.91 Å². The molecule has 1 N–H and O–H groups in total. The Morgan fingerprint density at radius 2 is 1.71 bits per heavy atom. The quantitative estimate of drug-likeness (QED) is 0.533. The van der Waals surface area contributed by atoms with E-state index in [1.165, 1.54) is 34.1 Å². The summed E-state index contributed by atoms with van der Waals surface area (Å²) < 4.78 is 32.8. The summed E-state index contributed by atoms with van der Waals surface area (Å²) in [6, 6.07) is 14.1. The number of nitrogens with zero attached hydrogens (tertiary/aromatic N) is 3. The summed E-state index contributed by atoms with van der Waals surface area (Å²) in [5.41, 5.74) is 2.59. The molecule has 9 heteroatoms. The van der Waals surface area contributed by atoms with Crippen molar-refractivity contribution in [1.29, 1.82) is 0 Å². The summed E-state index contributed by atoms with van der Waals surface area (Å²) in [6.07, 6.45) is 2.17. The second-order valence-electron chi connectivity index (χ2n) is 9.14. The van der Waals surface area contributed by atoms with Crippen LogP contribution in [0.4, 0.5) is 6.01 Å². The van der Waals surface area contributed by atoms with Gasteiger partial charge < -0.3 is 4.42 Å². The Morgan fingerprint density at radius 1 is 1.06 bits per heavy atom. The molecule has 1 fully saturated rings. The first-order chi connectivity index (χ1) is 16.2. The van der Waals surface area contributed by atoms with E-state index in [1.54, 1.807) is 0 Å². The van der Waals surface area contributed by atoms with Crippen molar-refractivity contribution in [3.63, 3.8) is 0 Å². The van der Waals surface area contributed by atoms with Crippen molar-refractivity contribution in [2.24, 2.45) is 5.92 Å². The molecule has 1 aliphatic heterocycles. The van der Waals surface area contributed by atoms with E-state index in [-0.39, 0.29) is 10.9 Å². The van der Waals surface area contributed by atoms with E-state index in [4.69, 9.17) is 4.42 Å². The van der Waals surface area contributed by atoms with Gasteiger partial charge in [0.2, 0.25) is 15.9 Å². The van der Waals surface area contributed by atoms with Gasteiger partial charge in [0, 0.05) is 18.7 Å².